The van der Waals surface area contributed by atoms with Crippen LogP contribution in [0.1, 0.15) is 6.92 Å². The maximum absolute atomic E-state index is 10.4. The van der Waals surface area contributed by atoms with Crippen LogP contribution in [0.3, 0.4) is 0 Å². The number of carboxylic acid groups (broad SMARTS) is 1. The van der Waals surface area contributed by atoms with E-state index in [0.29, 0.717) is 0 Å². The van der Waals surface area contributed by atoms with Crippen molar-refractivity contribution in [1.29, 1.82) is 0 Å². The van der Waals surface area contributed by atoms with Gasteiger partial charge in [0.05, 0.1) is 0 Å². The highest BCUT2D eigenvalue weighted by Crippen LogP contribution is 2.21. The predicted molar refractivity (Wildman–Crippen MR) is 36.8 cm³/mol. The molecular weight excluding hydrogens is 215 g/mol. The monoisotopic (exact) mass is 218 g/mol. The normalized spacial score (nSPS) is 10.2. The molecule has 0 saturated heterocycles. The molecule has 0 heterocycles. The minimum atomic E-state index is -1.79. The van der Waals surface area contributed by atoms with Gasteiger partial charge in [0.2, 0.25) is 0 Å². The molecule has 0 aromatic rings. The van der Waals surface area contributed by atoms with Gasteiger partial charge in [0.1, 0.15) is 0 Å². The number of halogens is 2. The van der Waals surface area contributed by atoms with Crippen molar-refractivity contribution in [2.24, 2.45) is 0 Å². The summed E-state index contributed by atoms with van der Waals surface area (Å²) in [5.41, 5.74) is 0. The lowest BCUT2D eigenvalue weighted by atomic mass is 10.8. The van der Waals surface area contributed by atoms with E-state index in [2.05, 4.69) is 14.5 Å². The lowest BCUT2D eigenvalue weighted by Gasteiger charge is -2.11. The van der Waals surface area contributed by atoms with Crippen molar-refractivity contribution < 1.29 is 29.2 Å². The standard InChI is InChI=1S/C4H4Cl2O6/c1-4(5,6)10-3(9)12-11-2(7)8/h1H3,(H,7,8). The molecule has 6 nitrogen and oxygen atoms in total. The average molecular weight is 219 g/mol. The largest absolute Gasteiger partial charge is 0.552 e. The Labute approximate surface area is 76.8 Å². The molecular formula is C4H4Cl2O6. The van der Waals surface area contributed by atoms with Crippen LogP contribution in [-0.4, -0.2) is 21.9 Å². The smallest absolute Gasteiger partial charge is 0.447 e. The Kier molecular flexibility index (Phi) is 3.91. The first kappa shape index (κ1) is 11.1. The van der Waals surface area contributed by atoms with Crippen molar-refractivity contribution >= 4 is 35.5 Å². The Balaban J connectivity index is 3.68. The van der Waals surface area contributed by atoms with E-state index in [4.69, 9.17) is 28.3 Å². The summed E-state index contributed by atoms with van der Waals surface area (Å²) in [6.07, 6.45) is -3.25. The number of hydrogen-bond donors (Lipinski definition) is 1. The van der Waals surface area contributed by atoms with E-state index < -0.39 is 16.8 Å². The highest BCUT2D eigenvalue weighted by atomic mass is 35.5. The molecule has 0 aliphatic heterocycles. The van der Waals surface area contributed by atoms with Gasteiger partial charge in [-0.2, -0.15) is 9.68 Å². The summed E-state index contributed by atoms with van der Waals surface area (Å²) in [6.45, 7) is 1.14. The van der Waals surface area contributed by atoms with Gasteiger partial charge in [-0.05, 0) is 0 Å². The van der Waals surface area contributed by atoms with Gasteiger partial charge in [-0.1, -0.05) is 23.2 Å². The number of alkyl halides is 2. The molecule has 8 heteroatoms. The Morgan fingerprint density at radius 1 is 1.33 bits per heavy atom. The molecule has 0 rings (SSSR count). The lowest BCUT2D eigenvalue weighted by molar-refractivity contribution is -0.215. The zero-order chi connectivity index (χ0) is 9.78. The van der Waals surface area contributed by atoms with E-state index in [1.54, 1.807) is 0 Å². The zero-order valence-corrected chi connectivity index (χ0v) is 7.26. The van der Waals surface area contributed by atoms with Crippen LogP contribution in [0.2, 0.25) is 0 Å². The summed E-state index contributed by atoms with van der Waals surface area (Å²) in [7, 11) is 0. The Bertz CT molecular complexity index is 184. The molecule has 0 bridgehead atoms. The van der Waals surface area contributed by atoms with Gasteiger partial charge < -0.3 is 9.84 Å². The van der Waals surface area contributed by atoms with Crippen molar-refractivity contribution in [2.45, 2.75) is 11.4 Å². The topological polar surface area (TPSA) is 82.1 Å². The Hall–Kier alpha value is -0.880. The van der Waals surface area contributed by atoms with Crippen LogP contribution in [-0.2, 0) is 14.5 Å². The van der Waals surface area contributed by atoms with E-state index in [1.807, 2.05) is 0 Å². The van der Waals surface area contributed by atoms with Gasteiger partial charge in [-0.15, -0.1) is 0 Å². The van der Waals surface area contributed by atoms with Gasteiger partial charge in [0.15, 0.2) is 0 Å². The minimum Gasteiger partial charge on any atom is -0.447 e. The van der Waals surface area contributed by atoms with Crippen LogP contribution in [0.25, 0.3) is 0 Å². The fourth-order valence-corrected chi connectivity index (χ4v) is 0.359. The zero-order valence-electron chi connectivity index (χ0n) is 5.74. The van der Waals surface area contributed by atoms with Crippen LogP contribution >= 0.6 is 23.2 Å². The fraction of sp³-hybridized carbons (Fsp3) is 0.500. The molecule has 12 heavy (non-hydrogen) atoms. The van der Waals surface area contributed by atoms with E-state index in [-0.39, 0.29) is 0 Å². The SMILES string of the molecule is CC(Cl)(Cl)OC(=O)OOC(=O)O. The molecule has 1 N–H and O–H groups in total. The molecule has 0 atom stereocenters. The summed E-state index contributed by atoms with van der Waals surface area (Å²) < 4.78 is 2.28. The summed E-state index contributed by atoms with van der Waals surface area (Å²) in [5.74, 6) is 0. The summed E-state index contributed by atoms with van der Waals surface area (Å²) in [6, 6.07) is 0. The number of carbonyl (C=O) groups excluding carboxylic acids is 1. The second-order valence-electron chi connectivity index (χ2n) is 1.59. The maximum Gasteiger partial charge on any atom is 0.552 e. The molecule has 0 aromatic carbocycles. The number of hydrogen-bond acceptors (Lipinski definition) is 5. The quantitative estimate of drug-likeness (QED) is 0.314. The molecule has 0 saturated carbocycles. The average Bonchev–Trinajstić information content (AvgIpc) is 1.79. The van der Waals surface area contributed by atoms with E-state index in [9.17, 15) is 9.59 Å². The summed E-state index contributed by atoms with van der Waals surface area (Å²) in [4.78, 5) is 26.9. The van der Waals surface area contributed by atoms with Crippen LogP contribution in [0.5, 0.6) is 0 Å². The van der Waals surface area contributed by atoms with E-state index >= 15 is 0 Å². The van der Waals surface area contributed by atoms with Gasteiger partial charge >= 0.3 is 12.3 Å². The van der Waals surface area contributed by atoms with Crippen LogP contribution < -0.4 is 0 Å². The highest BCUT2D eigenvalue weighted by molar-refractivity contribution is 6.47. The Morgan fingerprint density at radius 3 is 2.17 bits per heavy atom. The molecule has 0 aliphatic carbocycles. The maximum atomic E-state index is 10.4. The molecule has 0 unspecified atom stereocenters. The second-order valence-corrected chi connectivity index (χ2v) is 3.23. The predicted octanol–water partition coefficient (Wildman–Crippen LogP) is 1.90. The van der Waals surface area contributed by atoms with Gasteiger partial charge in [-0.25, -0.2) is 9.68 Å². The van der Waals surface area contributed by atoms with Crippen molar-refractivity contribution in [3.63, 3.8) is 0 Å². The summed E-state index contributed by atoms with van der Waals surface area (Å²) >= 11 is 10.4. The van der Waals surface area contributed by atoms with Gasteiger partial charge in [0.25, 0.3) is 4.52 Å². The molecule has 0 aliphatic rings. The third-order valence-corrected chi connectivity index (χ3v) is 0.598. The molecule has 0 fully saturated rings. The highest BCUT2D eigenvalue weighted by Gasteiger charge is 2.24. The number of ether oxygens (including phenoxy) is 1. The fourth-order valence-electron chi connectivity index (χ4n) is 0.233. The van der Waals surface area contributed by atoms with Gasteiger partial charge in [-0.3, -0.25) is 0 Å². The lowest BCUT2D eigenvalue weighted by Crippen LogP contribution is -2.20. The number of rotatable bonds is 1. The first-order valence-corrected chi connectivity index (χ1v) is 3.25. The number of carbonyl (C=O) groups is 2. The van der Waals surface area contributed by atoms with Crippen molar-refractivity contribution in [3.8, 4) is 0 Å². The van der Waals surface area contributed by atoms with Crippen LogP contribution in [0, 0.1) is 0 Å². The molecule has 0 spiro atoms. The first-order chi connectivity index (χ1) is 5.31. The van der Waals surface area contributed by atoms with Gasteiger partial charge in [0, 0.05) is 6.92 Å². The molecule has 0 amide bonds. The van der Waals surface area contributed by atoms with Crippen molar-refractivity contribution in [1.82, 2.24) is 0 Å². The molecule has 0 aromatic heterocycles. The first-order valence-electron chi connectivity index (χ1n) is 2.49. The Morgan fingerprint density at radius 2 is 1.83 bits per heavy atom. The third kappa shape index (κ3) is 7.23. The minimum absolute atomic E-state index is 1.14. The molecule has 0 radical (unpaired) electrons. The second kappa shape index (κ2) is 4.22. The van der Waals surface area contributed by atoms with Crippen LogP contribution in [0.4, 0.5) is 9.59 Å². The molecule has 70 valence electrons. The third-order valence-electron chi connectivity index (χ3n) is 0.444. The summed E-state index contributed by atoms with van der Waals surface area (Å²) in [5, 5.41) is 7.84. The van der Waals surface area contributed by atoms with E-state index in [1.165, 1.54) is 0 Å². The van der Waals surface area contributed by atoms with Crippen molar-refractivity contribution in [3.05, 3.63) is 0 Å². The van der Waals surface area contributed by atoms with E-state index in [0.717, 1.165) is 6.92 Å². The van der Waals surface area contributed by atoms with Crippen LogP contribution in [0.15, 0.2) is 0 Å². The van der Waals surface area contributed by atoms with Crippen molar-refractivity contribution in [2.75, 3.05) is 0 Å².